The lowest BCUT2D eigenvalue weighted by molar-refractivity contribution is -0.120. The highest BCUT2D eigenvalue weighted by molar-refractivity contribution is 5.93. The van der Waals surface area contributed by atoms with Crippen molar-refractivity contribution in [3.05, 3.63) is 59.9 Å². The molecule has 2 aromatic rings. The van der Waals surface area contributed by atoms with Crippen molar-refractivity contribution in [2.24, 2.45) is 0 Å². The van der Waals surface area contributed by atoms with Crippen LogP contribution < -0.4 is 9.64 Å². The number of halogens is 1. The van der Waals surface area contributed by atoms with Gasteiger partial charge in [-0.1, -0.05) is 6.07 Å². The smallest absolute Gasteiger partial charge is 0.264 e. The van der Waals surface area contributed by atoms with Crippen molar-refractivity contribution in [2.75, 3.05) is 18.6 Å². The van der Waals surface area contributed by atoms with E-state index in [1.54, 1.807) is 37.4 Å². The molecule has 0 spiro atoms. The Morgan fingerprint density at radius 2 is 2.00 bits per heavy atom. The molecule has 0 fully saturated rings. The van der Waals surface area contributed by atoms with Crippen molar-refractivity contribution in [3.8, 4) is 11.8 Å². The van der Waals surface area contributed by atoms with Crippen LogP contribution in [0.4, 0.5) is 10.1 Å². The molecule has 0 atom stereocenters. The molecule has 0 saturated carbocycles. The van der Waals surface area contributed by atoms with Crippen LogP contribution in [0.5, 0.6) is 5.75 Å². The molecule has 0 aromatic heterocycles. The lowest BCUT2D eigenvalue weighted by atomic mass is 10.2. The standard InChI is InChI=1S/C16H13FN2O2/c1-19(14-4-2-3-13(17)9-14)16(20)11-21-15-7-5-12(10-18)6-8-15/h2-9H,11H2,1H3. The first kappa shape index (κ1) is 14.5. The van der Waals surface area contributed by atoms with Gasteiger partial charge in [0.1, 0.15) is 11.6 Å². The average molecular weight is 284 g/mol. The topological polar surface area (TPSA) is 53.3 Å². The molecule has 21 heavy (non-hydrogen) atoms. The van der Waals surface area contributed by atoms with Gasteiger partial charge in [0.15, 0.2) is 6.61 Å². The highest BCUT2D eigenvalue weighted by Gasteiger charge is 2.12. The van der Waals surface area contributed by atoms with Crippen LogP contribution >= 0.6 is 0 Å². The van der Waals surface area contributed by atoms with Crippen LogP contribution in [0.15, 0.2) is 48.5 Å². The predicted octanol–water partition coefficient (Wildman–Crippen LogP) is 2.74. The van der Waals surface area contributed by atoms with Crippen molar-refractivity contribution in [1.29, 1.82) is 5.26 Å². The zero-order valence-corrected chi connectivity index (χ0v) is 11.4. The second-order valence-electron chi connectivity index (χ2n) is 4.36. The summed E-state index contributed by atoms with van der Waals surface area (Å²) in [7, 11) is 1.55. The largest absolute Gasteiger partial charge is 0.484 e. The van der Waals surface area contributed by atoms with Gasteiger partial charge in [0, 0.05) is 12.7 Å². The van der Waals surface area contributed by atoms with Gasteiger partial charge in [-0.3, -0.25) is 4.79 Å². The summed E-state index contributed by atoms with van der Waals surface area (Å²) in [6.45, 7) is -0.168. The molecule has 0 bridgehead atoms. The van der Waals surface area contributed by atoms with E-state index in [9.17, 15) is 9.18 Å². The van der Waals surface area contributed by atoms with Crippen molar-refractivity contribution in [1.82, 2.24) is 0 Å². The van der Waals surface area contributed by atoms with Gasteiger partial charge in [-0.15, -0.1) is 0 Å². The molecule has 2 aromatic carbocycles. The molecule has 0 heterocycles. The van der Waals surface area contributed by atoms with E-state index in [0.29, 0.717) is 17.0 Å². The zero-order chi connectivity index (χ0) is 15.2. The molecule has 0 aliphatic carbocycles. The SMILES string of the molecule is CN(C(=O)COc1ccc(C#N)cc1)c1cccc(F)c1. The molecule has 4 nitrogen and oxygen atoms in total. The van der Waals surface area contributed by atoms with E-state index < -0.39 is 5.82 Å². The molecule has 1 amide bonds. The fraction of sp³-hybridized carbons (Fsp3) is 0.125. The Balaban J connectivity index is 1.96. The molecule has 0 radical (unpaired) electrons. The van der Waals surface area contributed by atoms with Gasteiger partial charge in [0.25, 0.3) is 5.91 Å². The maximum absolute atomic E-state index is 13.1. The van der Waals surface area contributed by atoms with Gasteiger partial charge >= 0.3 is 0 Å². The molecule has 0 saturated heterocycles. The number of benzene rings is 2. The number of carbonyl (C=O) groups is 1. The van der Waals surface area contributed by atoms with E-state index in [2.05, 4.69) is 0 Å². The van der Waals surface area contributed by atoms with Gasteiger partial charge in [0.2, 0.25) is 0 Å². The van der Waals surface area contributed by atoms with Crippen LogP contribution in [0.25, 0.3) is 0 Å². The number of carbonyl (C=O) groups excluding carboxylic acids is 1. The van der Waals surface area contributed by atoms with Crippen molar-refractivity contribution < 1.29 is 13.9 Å². The molecule has 2 rings (SSSR count). The summed E-state index contributed by atoms with van der Waals surface area (Å²) >= 11 is 0. The third-order valence-corrected chi connectivity index (χ3v) is 2.92. The number of likely N-dealkylation sites (N-methyl/N-ethyl adjacent to an activating group) is 1. The summed E-state index contributed by atoms with van der Waals surface area (Å²) in [4.78, 5) is 13.3. The van der Waals surface area contributed by atoms with E-state index in [0.717, 1.165) is 0 Å². The van der Waals surface area contributed by atoms with E-state index in [1.807, 2.05) is 6.07 Å². The summed E-state index contributed by atoms with van der Waals surface area (Å²) in [5.74, 6) is -0.208. The van der Waals surface area contributed by atoms with E-state index in [-0.39, 0.29) is 12.5 Å². The first-order valence-corrected chi connectivity index (χ1v) is 6.25. The third-order valence-electron chi connectivity index (χ3n) is 2.92. The van der Waals surface area contributed by atoms with Gasteiger partial charge in [-0.25, -0.2) is 4.39 Å². The van der Waals surface area contributed by atoms with E-state index in [4.69, 9.17) is 10.00 Å². The Bertz CT molecular complexity index is 677. The first-order valence-electron chi connectivity index (χ1n) is 6.25. The quantitative estimate of drug-likeness (QED) is 0.867. The number of hydrogen-bond donors (Lipinski definition) is 0. The lowest BCUT2D eigenvalue weighted by Crippen LogP contribution is -2.31. The zero-order valence-electron chi connectivity index (χ0n) is 11.4. The Kier molecular flexibility index (Phi) is 4.52. The Hall–Kier alpha value is -2.87. The number of amides is 1. The Morgan fingerprint density at radius 1 is 1.29 bits per heavy atom. The van der Waals surface area contributed by atoms with Crippen LogP contribution in [-0.2, 0) is 4.79 Å². The molecule has 0 aliphatic rings. The van der Waals surface area contributed by atoms with E-state index in [1.165, 1.54) is 23.1 Å². The van der Waals surface area contributed by atoms with Gasteiger partial charge < -0.3 is 9.64 Å². The van der Waals surface area contributed by atoms with Crippen molar-refractivity contribution >= 4 is 11.6 Å². The fourth-order valence-corrected chi connectivity index (χ4v) is 1.70. The summed E-state index contributed by atoms with van der Waals surface area (Å²) < 4.78 is 18.5. The Labute approximate surface area is 122 Å². The maximum Gasteiger partial charge on any atom is 0.264 e. The van der Waals surface area contributed by atoms with Gasteiger partial charge in [-0.2, -0.15) is 5.26 Å². The number of hydrogen-bond acceptors (Lipinski definition) is 3. The number of nitrogens with zero attached hydrogens (tertiary/aromatic N) is 2. The average Bonchev–Trinajstić information content (AvgIpc) is 2.52. The number of nitriles is 1. The van der Waals surface area contributed by atoms with Crippen LogP contribution in [0.2, 0.25) is 0 Å². The number of ether oxygens (including phenoxy) is 1. The lowest BCUT2D eigenvalue weighted by Gasteiger charge is -2.17. The normalized spacial score (nSPS) is 9.76. The maximum atomic E-state index is 13.1. The monoisotopic (exact) mass is 284 g/mol. The second-order valence-corrected chi connectivity index (χ2v) is 4.36. The summed E-state index contributed by atoms with van der Waals surface area (Å²) in [6.07, 6.45) is 0. The molecule has 0 unspecified atom stereocenters. The third kappa shape index (κ3) is 3.80. The highest BCUT2D eigenvalue weighted by atomic mass is 19.1. The highest BCUT2D eigenvalue weighted by Crippen LogP contribution is 2.15. The van der Waals surface area contributed by atoms with Crippen LogP contribution in [0.1, 0.15) is 5.56 Å². The summed E-state index contributed by atoms with van der Waals surface area (Å²) in [5.41, 5.74) is 0.981. The molecular formula is C16H13FN2O2. The molecule has 5 heteroatoms. The van der Waals surface area contributed by atoms with Gasteiger partial charge in [0.05, 0.1) is 11.6 Å². The first-order chi connectivity index (χ1) is 10.1. The number of anilines is 1. The molecule has 0 aliphatic heterocycles. The number of rotatable bonds is 4. The van der Waals surface area contributed by atoms with E-state index >= 15 is 0 Å². The molecule has 106 valence electrons. The minimum atomic E-state index is -0.403. The summed E-state index contributed by atoms with van der Waals surface area (Å²) in [6, 6.07) is 14.2. The minimum absolute atomic E-state index is 0.168. The van der Waals surface area contributed by atoms with Gasteiger partial charge in [-0.05, 0) is 42.5 Å². The Morgan fingerprint density at radius 3 is 2.62 bits per heavy atom. The summed E-state index contributed by atoms with van der Waals surface area (Å²) in [5, 5.41) is 8.69. The molecule has 0 N–H and O–H groups in total. The molecular weight excluding hydrogens is 271 g/mol. The predicted molar refractivity (Wildman–Crippen MR) is 76.5 cm³/mol. The second kappa shape index (κ2) is 6.53. The fourth-order valence-electron chi connectivity index (χ4n) is 1.70. The van der Waals surface area contributed by atoms with Crippen LogP contribution in [0.3, 0.4) is 0 Å². The van der Waals surface area contributed by atoms with Crippen molar-refractivity contribution in [3.63, 3.8) is 0 Å². The minimum Gasteiger partial charge on any atom is -0.484 e. The van der Waals surface area contributed by atoms with Crippen LogP contribution in [-0.4, -0.2) is 19.6 Å². The van der Waals surface area contributed by atoms with Crippen molar-refractivity contribution in [2.45, 2.75) is 0 Å². The van der Waals surface area contributed by atoms with Crippen LogP contribution in [0, 0.1) is 17.1 Å².